The van der Waals surface area contributed by atoms with Gasteiger partial charge < -0.3 is 15.5 Å². The Bertz CT molecular complexity index is 1190. The fraction of sp³-hybridized carbons (Fsp3) is 0.500. The number of nitrogens with zero attached hydrogens (tertiary/aromatic N) is 2. The zero-order valence-corrected chi connectivity index (χ0v) is 23.4. The fourth-order valence-corrected chi connectivity index (χ4v) is 7.27. The molecule has 2 aromatic carbocycles. The van der Waals surface area contributed by atoms with Crippen LogP contribution in [0.2, 0.25) is 5.02 Å². The summed E-state index contributed by atoms with van der Waals surface area (Å²) >= 11 is 6.08. The van der Waals surface area contributed by atoms with E-state index in [0.29, 0.717) is 43.9 Å². The van der Waals surface area contributed by atoms with Crippen LogP contribution in [0.3, 0.4) is 0 Å². The average molecular weight is 561 g/mol. The van der Waals surface area contributed by atoms with Crippen LogP contribution >= 0.6 is 11.6 Å². The number of sulfonamides is 1. The van der Waals surface area contributed by atoms with Crippen LogP contribution in [0.4, 0.5) is 4.79 Å². The highest BCUT2D eigenvalue weighted by atomic mass is 35.5. The predicted octanol–water partition coefficient (Wildman–Crippen LogP) is 4.40. The summed E-state index contributed by atoms with van der Waals surface area (Å²) in [6, 6.07) is 14.8. The van der Waals surface area contributed by atoms with Crippen molar-refractivity contribution in [3.8, 4) is 0 Å². The number of hydrogen-bond acceptors (Lipinski definition) is 4. The van der Waals surface area contributed by atoms with Crippen LogP contribution in [0.15, 0.2) is 59.5 Å². The van der Waals surface area contributed by atoms with Crippen molar-refractivity contribution in [3.05, 3.63) is 65.2 Å². The second-order valence-electron chi connectivity index (χ2n) is 10.1. The van der Waals surface area contributed by atoms with Gasteiger partial charge in [0.05, 0.1) is 10.8 Å². The largest absolute Gasteiger partial charge is 0.351 e. The molecule has 0 bridgehead atoms. The van der Waals surface area contributed by atoms with Gasteiger partial charge in [0.15, 0.2) is 0 Å². The fourth-order valence-electron chi connectivity index (χ4n) is 5.44. The Balaban J connectivity index is 1.57. The van der Waals surface area contributed by atoms with E-state index in [1.54, 1.807) is 51.7 Å². The Morgan fingerprint density at radius 2 is 1.71 bits per heavy atom. The van der Waals surface area contributed by atoms with E-state index >= 15 is 0 Å². The molecule has 2 aromatic rings. The van der Waals surface area contributed by atoms with E-state index in [9.17, 15) is 18.0 Å². The lowest BCUT2D eigenvalue weighted by atomic mass is 9.89. The first-order chi connectivity index (χ1) is 18.3. The van der Waals surface area contributed by atoms with Crippen molar-refractivity contribution in [1.29, 1.82) is 0 Å². The van der Waals surface area contributed by atoms with E-state index in [2.05, 4.69) is 10.6 Å². The molecule has 38 heavy (non-hydrogen) atoms. The summed E-state index contributed by atoms with van der Waals surface area (Å²) in [4.78, 5) is 27.7. The highest BCUT2D eigenvalue weighted by molar-refractivity contribution is 7.89. The Morgan fingerprint density at radius 1 is 1.00 bits per heavy atom. The number of nitrogens with one attached hydrogen (secondary N) is 2. The van der Waals surface area contributed by atoms with Gasteiger partial charge in [-0.25, -0.2) is 13.2 Å². The first-order valence-electron chi connectivity index (χ1n) is 13.4. The van der Waals surface area contributed by atoms with Gasteiger partial charge in [-0.05, 0) is 62.4 Å². The molecular weight excluding hydrogens is 524 g/mol. The molecule has 1 saturated carbocycles. The van der Waals surface area contributed by atoms with Crippen molar-refractivity contribution in [1.82, 2.24) is 19.8 Å². The summed E-state index contributed by atoms with van der Waals surface area (Å²) in [6.07, 6.45) is 4.61. The molecule has 0 radical (unpaired) electrons. The van der Waals surface area contributed by atoms with E-state index in [0.717, 1.165) is 24.8 Å². The van der Waals surface area contributed by atoms with Crippen LogP contribution in [-0.4, -0.2) is 61.3 Å². The highest BCUT2D eigenvalue weighted by Crippen LogP contribution is 2.31. The van der Waals surface area contributed by atoms with Crippen LogP contribution in [0.1, 0.15) is 51.0 Å². The Labute approximate surface area is 230 Å². The van der Waals surface area contributed by atoms with Crippen LogP contribution in [0.5, 0.6) is 0 Å². The van der Waals surface area contributed by atoms with Crippen molar-refractivity contribution >= 4 is 33.6 Å². The van der Waals surface area contributed by atoms with Crippen LogP contribution in [-0.2, 0) is 21.4 Å². The monoisotopic (exact) mass is 560 g/mol. The molecule has 1 heterocycles. The number of urea groups is 1. The summed E-state index contributed by atoms with van der Waals surface area (Å²) in [7, 11) is -3.84. The van der Waals surface area contributed by atoms with E-state index < -0.39 is 16.1 Å². The van der Waals surface area contributed by atoms with Gasteiger partial charge in [0.25, 0.3) is 0 Å². The molecule has 2 N–H and O–H groups in total. The Hall–Kier alpha value is -2.62. The van der Waals surface area contributed by atoms with Gasteiger partial charge in [-0.2, -0.15) is 4.31 Å². The van der Waals surface area contributed by atoms with Gasteiger partial charge >= 0.3 is 6.03 Å². The van der Waals surface area contributed by atoms with E-state index in [4.69, 9.17) is 11.6 Å². The molecule has 0 unspecified atom stereocenters. The minimum absolute atomic E-state index is 0.112. The van der Waals surface area contributed by atoms with Crippen LogP contribution in [0.25, 0.3) is 0 Å². The summed E-state index contributed by atoms with van der Waals surface area (Å²) in [5, 5.41) is 6.60. The minimum atomic E-state index is -3.84. The highest BCUT2D eigenvalue weighted by Gasteiger charge is 2.39. The summed E-state index contributed by atoms with van der Waals surface area (Å²) in [5.41, 5.74) is 0.828. The molecule has 1 aliphatic carbocycles. The molecule has 3 atom stereocenters. The second-order valence-corrected chi connectivity index (χ2v) is 12.4. The Morgan fingerprint density at radius 3 is 2.42 bits per heavy atom. The van der Waals surface area contributed by atoms with Crippen LogP contribution in [0, 0.1) is 5.92 Å². The molecule has 3 amide bonds. The first-order valence-corrected chi connectivity index (χ1v) is 15.3. The molecule has 2 aliphatic rings. The molecule has 10 heteroatoms. The standard InChI is InChI=1S/C28H37ClN4O4S/c1-2-30-28(35)32-18-8-9-22(20-32)27(34)31-25-12-6-7-13-26(25)33(19-21-14-16-23(29)17-15-21)38(36,37)24-10-4-3-5-11-24/h3-5,10-11,14-17,22,25-26H,2,6-9,12-13,18-20H2,1H3,(H,30,35)(H,31,34)/t22-,25-,26-/m1/s1. The maximum Gasteiger partial charge on any atom is 0.317 e. The maximum absolute atomic E-state index is 14.0. The van der Waals surface area contributed by atoms with Gasteiger partial charge in [0.1, 0.15) is 0 Å². The van der Waals surface area contributed by atoms with E-state index in [1.165, 1.54) is 0 Å². The number of piperidine rings is 1. The van der Waals surface area contributed by atoms with Crippen LogP contribution < -0.4 is 10.6 Å². The Kier molecular flexibility index (Phi) is 9.68. The lowest BCUT2D eigenvalue weighted by molar-refractivity contribution is -0.127. The molecule has 206 valence electrons. The van der Waals surface area contributed by atoms with E-state index in [1.807, 2.05) is 19.1 Å². The van der Waals surface area contributed by atoms with Gasteiger partial charge in [-0.1, -0.05) is 54.8 Å². The van der Waals surface area contributed by atoms with Gasteiger partial charge in [0, 0.05) is 43.3 Å². The molecule has 2 fully saturated rings. The molecule has 0 aromatic heterocycles. The molecule has 1 saturated heterocycles. The number of carbonyl (C=O) groups is 2. The number of carbonyl (C=O) groups excluding carboxylic acids is 2. The number of benzene rings is 2. The third-order valence-electron chi connectivity index (χ3n) is 7.44. The van der Waals surface area contributed by atoms with E-state index in [-0.39, 0.29) is 35.3 Å². The summed E-state index contributed by atoms with van der Waals surface area (Å²) in [6.45, 7) is 3.58. The smallest absolute Gasteiger partial charge is 0.317 e. The number of hydrogen-bond donors (Lipinski definition) is 2. The van der Waals surface area contributed by atoms with Crippen molar-refractivity contribution < 1.29 is 18.0 Å². The number of halogens is 1. The van der Waals surface area contributed by atoms with Gasteiger partial charge in [0.2, 0.25) is 15.9 Å². The first kappa shape index (κ1) is 28.4. The van der Waals surface area contributed by atoms with Crippen molar-refractivity contribution in [2.24, 2.45) is 5.92 Å². The number of rotatable bonds is 8. The third kappa shape index (κ3) is 6.87. The lowest BCUT2D eigenvalue weighted by Gasteiger charge is -2.40. The molecule has 4 rings (SSSR count). The number of amides is 3. The normalized spacial score (nSPS) is 22.2. The SMILES string of the molecule is CCNC(=O)N1CCC[C@@H](C(=O)N[C@@H]2CCCC[C@H]2N(Cc2ccc(Cl)cc2)S(=O)(=O)c2ccccc2)C1. The molecular formula is C28H37ClN4O4S. The second kappa shape index (κ2) is 13.0. The predicted molar refractivity (Wildman–Crippen MR) is 148 cm³/mol. The summed E-state index contributed by atoms with van der Waals surface area (Å²) < 4.78 is 29.5. The molecule has 8 nitrogen and oxygen atoms in total. The molecule has 1 aliphatic heterocycles. The lowest BCUT2D eigenvalue weighted by Crippen LogP contribution is -2.57. The minimum Gasteiger partial charge on any atom is -0.351 e. The van der Waals surface area contributed by atoms with Crippen molar-refractivity contribution in [2.75, 3.05) is 19.6 Å². The zero-order valence-electron chi connectivity index (χ0n) is 21.8. The van der Waals surface area contributed by atoms with Gasteiger partial charge in [-0.15, -0.1) is 0 Å². The maximum atomic E-state index is 14.0. The third-order valence-corrected chi connectivity index (χ3v) is 9.57. The van der Waals surface area contributed by atoms with Gasteiger partial charge in [-0.3, -0.25) is 4.79 Å². The quantitative estimate of drug-likeness (QED) is 0.500. The summed E-state index contributed by atoms with van der Waals surface area (Å²) in [5.74, 6) is -0.427. The average Bonchev–Trinajstić information content (AvgIpc) is 2.94. The molecule has 0 spiro atoms. The van der Waals surface area contributed by atoms with Crippen molar-refractivity contribution in [2.45, 2.75) is 69.0 Å². The van der Waals surface area contributed by atoms with Crippen molar-refractivity contribution in [3.63, 3.8) is 0 Å². The number of likely N-dealkylation sites (tertiary alicyclic amines) is 1. The zero-order chi connectivity index (χ0) is 27.1. The topological polar surface area (TPSA) is 98.8 Å².